The highest BCUT2D eigenvalue weighted by atomic mass is 35.5. The number of carbonyl (C=O) groups is 1. The van der Waals surface area contributed by atoms with Crippen LogP contribution in [0.25, 0.3) is 11.2 Å². The first-order valence-corrected chi connectivity index (χ1v) is 14.5. The molecule has 1 saturated heterocycles. The number of imidazole rings is 1. The maximum absolute atomic E-state index is 15.6. The van der Waals surface area contributed by atoms with Crippen LogP contribution in [0.4, 0.5) is 10.2 Å². The van der Waals surface area contributed by atoms with Crippen molar-refractivity contribution in [1.82, 2.24) is 24.6 Å². The predicted molar refractivity (Wildman–Crippen MR) is 140 cm³/mol. The van der Waals surface area contributed by atoms with Gasteiger partial charge in [-0.3, -0.25) is 9.36 Å². The van der Waals surface area contributed by atoms with Crippen molar-refractivity contribution in [3.05, 3.63) is 43.0 Å². The van der Waals surface area contributed by atoms with E-state index in [1.807, 2.05) is 0 Å². The van der Waals surface area contributed by atoms with E-state index in [0.29, 0.717) is 5.75 Å². The zero-order valence-corrected chi connectivity index (χ0v) is 23.1. The molecule has 1 fully saturated rings. The van der Waals surface area contributed by atoms with E-state index in [4.69, 9.17) is 47.7 Å². The summed E-state index contributed by atoms with van der Waals surface area (Å²) >= 11 is 11.8. The molecule has 0 aliphatic carbocycles. The molecule has 0 amide bonds. The van der Waals surface area contributed by atoms with Crippen molar-refractivity contribution in [2.45, 2.75) is 56.5 Å². The first-order chi connectivity index (χ1) is 17.9. The standard InChI is InChI=1S/C22H27ClFN6O6PS/c1-12(2)34-20(32)13(3)29-37(38,36-14-7-5-4-6-8-14)33-9-15-17(31)22(23,24)21(35-15)30-11-28-16-18(25)26-10-27-19(16)30/h4-8,10-13,15,17,21,31H,9H2,1-3H3,(H,29,38)(H2,25,26,27)/t13-,15-,17-,21-,22-,37-/m1/s1. The second-order valence-corrected chi connectivity index (χ2v) is 12.5. The molecule has 0 bridgehead atoms. The number of carbonyl (C=O) groups excluding carboxylic acids is 1. The van der Waals surface area contributed by atoms with Gasteiger partial charge in [-0.05, 0) is 44.7 Å². The predicted octanol–water partition coefficient (Wildman–Crippen LogP) is 2.82. The number of fused-ring (bicyclic) bond motifs is 1. The van der Waals surface area contributed by atoms with Gasteiger partial charge in [0.15, 0.2) is 17.7 Å². The lowest BCUT2D eigenvalue weighted by molar-refractivity contribution is -0.149. The molecule has 1 aromatic carbocycles. The monoisotopic (exact) mass is 588 g/mol. The van der Waals surface area contributed by atoms with Gasteiger partial charge in [0.25, 0.3) is 5.13 Å². The van der Waals surface area contributed by atoms with Crippen LogP contribution < -0.4 is 15.3 Å². The van der Waals surface area contributed by atoms with Crippen molar-refractivity contribution in [2.75, 3.05) is 12.3 Å². The van der Waals surface area contributed by atoms with Crippen LogP contribution >= 0.6 is 18.2 Å². The van der Waals surface area contributed by atoms with Crippen molar-refractivity contribution in [1.29, 1.82) is 0 Å². The second kappa shape index (κ2) is 11.3. The number of rotatable bonds is 10. The van der Waals surface area contributed by atoms with Crippen LogP contribution in [0, 0.1) is 0 Å². The number of nitrogens with one attached hydrogen (secondary N) is 1. The number of aliphatic hydroxyl groups is 1. The molecule has 1 aliphatic heterocycles. The first kappa shape index (κ1) is 28.6. The van der Waals surface area contributed by atoms with Crippen molar-refractivity contribution in [3.8, 4) is 5.75 Å². The van der Waals surface area contributed by atoms with Gasteiger partial charge in [0, 0.05) is 0 Å². The van der Waals surface area contributed by atoms with Crippen molar-refractivity contribution in [2.24, 2.45) is 0 Å². The van der Waals surface area contributed by atoms with E-state index in [1.165, 1.54) is 17.2 Å². The topological polar surface area (TPSA) is 156 Å². The van der Waals surface area contributed by atoms with Crippen LogP contribution in [0.1, 0.15) is 27.0 Å². The number of alkyl halides is 2. The molecule has 1 aliphatic rings. The highest BCUT2D eigenvalue weighted by Crippen LogP contribution is 2.49. The van der Waals surface area contributed by atoms with E-state index in [-0.39, 0.29) is 23.1 Å². The van der Waals surface area contributed by atoms with Gasteiger partial charge in [-0.15, -0.1) is 0 Å². The largest absolute Gasteiger partial charge is 0.462 e. The van der Waals surface area contributed by atoms with Gasteiger partial charge in [-0.1, -0.05) is 29.8 Å². The number of esters is 1. The lowest BCUT2D eigenvalue weighted by Crippen LogP contribution is -2.40. The molecule has 0 saturated carbocycles. The van der Waals surface area contributed by atoms with Crippen molar-refractivity contribution >= 4 is 53.0 Å². The van der Waals surface area contributed by atoms with Crippen LogP contribution in [0.2, 0.25) is 0 Å². The Bertz CT molecular complexity index is 1330. The Labute approximate surface area is 227 Å². The number of aliphatic hydroxyl groups excluding tert-OH is 1. The molecule has 4 N–H and O–H groups in total. The normalized spacial score (nSPS) is 25.8. The van der Waals surface area contributed by atoms with Crippen LogP contribution in [-0.2, 0) is 30.6 Å². The minimum absolute atomic E-state index is 0.0844. The Kier molecular flexibility index (Phi) is 8.52. The fourth-order valence-electron chi connectivity index (χ4n) is 3.65. The molecular weight excluding hydrogens is 562 g/mol. The van der Waals surface area contributed by atoms with Gasteiger partial charge in [-0.2, -0.15) is 0 Å². The Hall–Kier alpha value is -2.45. The third kappa shape index (κ3) is 6.07. The average molecular weight is 589 g/mol. The van der Waals surface area contributed by atoms with Gasteiger partial charge in [0.05, 0.1) is 19.0 Å². The molecule has 3 heterocycles. The number of nitrogens with zero attached hydrogens (tertiary/aromatic N) is 4. The number of hydrogen-bond donors (Lipinski definition) is 3. The van der Waals surface area contributed by atoms with E-state index in [9.17, 15) is 9.90 Å². The Morgan fingerprint density at radius 3 is 2.74 bits per heavy atom. The summed E-state index contributed by atoms with van der Waals surface area (Å²) in [5, 5.41) is 10.8. The molecule has 12 nitrogen and oxygen atoms in total. The molecule has 6 atom stereocenters. The quantitative estimate of drug-likeness (QED) is 0.181. The van der Waals surface area contributed by atoms with Gasteiger partial charge in [0.1, 0.15) is 35.8 Å². The fraction of sp³-hybridized carbons (Fsp3) is 0.455. The highest BCUT2D eigenvalue weighted by Gasteiger charge is 2.58. The zero-order valence-electron chi connectivity index (χ0n) is 20.6. The number of hydrogen-bond acceptors (Lipinski definition) is 11. The first-order valence-electron chi connectivity index (χ1n) is 11.5. The molecule has 3 aromatic rings. The highest BCUT2D eigenvalue weighted by molar-refractivity contribution is 8.09. The number of aromatic nitrogens is 4. The number of halogens is 2. The molecule has 0 unspecified atom stereocenters. The summed E-state index contributed by atoms with van der Waals surface area (Å²) in [6, 6.07) is 7.67. The van der Waals surface area contributed by atoms with E-state index in [2.05, 4.69) is 20.0 Å². The van der Waals surface area contributed by atoms with Gasteiger partial charge in [-0.25, -0.2) is 24.4 Å². The number of anilines is 1. The summed E-state index contributed by atoms with van der Waals surface area (Å²) in [7, 11) is 0. The smallest absolute Gasteiger partial charge is 0.323 e. The van der Waals surface area contributed by atoms with Gasteiger partial charge < -0.3 is 29.4 Å². The third-order valence-electron chi connectivity index (χ3n) is 5.45. The molecular formula is C22H27ClFN6O6PS. The molecule has 0 radical (unpaired) electrons. The maximum Gasteiger partial charge on any atom is 0.323 e. The minimum Gasteiger partial charge on any atom is -0.462 e. The summed E-state index contributed by atoms with van der Waals surface area (Å²) in [4.78, 5) is 24.4. The lowest BCUT2D eigenvalue weighted by Gasteiger charge is -2.28. The van der Waals surface area contributed by atoms with Crippen LogP contribution in [0.5, 0.6) is 5.75 Å². The Morgan fingerprint density at radius 1 is 1.34 bits per heavy atom. The number of benzene rings is 1. The van der Waals surface area contributed by atoms with Gasteiger partial charge >= 0.3 is 12.6 Å². The van der Waals surface area contributed by atoms with E-state index < -0.39 is 48.8 Å². The molecule has 38 heavy (non-hydrogen) atoms. The molecule has 16 heteroatoms. The maximum atomic E-state index is 15.6. The van der Waals surface area contributed by atoms with Crippen LogP contribution in [0.3, 0.4) is 0 Å². The summed E-state index contributed by atoms with van der Waals surface area (Å²) in [5.41, 5.74) is 6.19. The second-order valence-electron chi connectivity index (χ2n) is 8.76. The summed E-state index contributed by atoms with van der Waals surface area (Å²) in [5.74, 6) is -0.109. The molecule has 206 valence electrons. The summed E-state index contributed by atoms with van der Waals surface area (Å²) in [6.45, 7) is 1.07. The Balaban J connectivity index is 1.54. The number of nitrogens with two attached hydrogens (primary N) is 1. The average Bonchev–Trinajstić information content (AvgIpc) is 3.37. The zero-order chi connectivity index (χ0) is 27.7. The molecule has 2 aromatic heterocycles. The molecule has 4 rings (SSSR count). The summed E-state index contributed by atoms with van der Waals surface area (Å²) in [6.07, 6.45) is -2.58. The SMILES string of the molecule is CC(C)OC(=O)[C@@H](C)N[P@@](=S)(OC[C@H]1O[C@@H](n2cnc3c(N)ncnc32)[C@@](F)(Cl)[C@@H]1O)Oc1ccccc1. The van der Waals surface area contributed by atoms with Gasteiger partial charge in [0.2, 0.25) is 0 Å². The van der Waals surface area contributed by atoms with E-state index >= 15 is 4.39 Å². The number of para-hydroxylation sites is 1. The minimum atomic E-state index is -3.47. The lowest BCUT2D eigenvalue weighted by atomic mass is 10.1. The van der Waals surface area contributed by atoms with Crippen LogP contribution in [-0.4, -0.2) is 66.7 Å². The molecule has 0 spiro atoms. The number of nitrogen functional groups attached to an aromatic ring is 1. The van der Waals surface area contributed by atoms with E-state index in [0.717, 1.165) is 0 Å². The van der Waals surface area contributed by atoms with Crippen LogP contribution in [0.15, 0.2) is 43.0 Å². The number of ether oxygens (including phenoxy) is 2. The summed E-state index contributed by atoms with van der Waals surface area (Å²) < 4.78 is 39.6. The third-order valence-corrected chi connectivity index (χ3v) is 8.36. The van der Waals surface area contributed by atoms with Crippen molar-refractivity contribution in [3.63, 3.8) is 0 Å². The van der Waals surface area contributed by atoms with Crippen molar-refractivity contribution < 1.29 is 32.8 Å². The van der Waals surface area contributed by atoms with E-state index in [1.54, 1.807) is 51.1 Å². The fourth-order valence-corrected chi connectivity index (χ4v) is 6.37. The Morgan fingerprint density at radius 2 is 2.05 bits per heavy atom.